The molecule has 130 valence electrons. The third kappa shape index (κ3) is 2.92. The van der Waals surface area contributed by atoms with Crippen molar-refractivity contribution >= 4 is 22.8 Å². The quantitative estimate of drug-likeness (QED) is 0.760. The van der Waals surface area contributed by atoms with Gasteiger partial charge in [-0.25, -0.2) is 9.97 Å². The van der Waals surface area contributed by atoms with Crippen LogP contribution in [0.5, 0.6) is 0 Å². The highest BCUT2D eigenvalue weighted by Crippen LogP contribution is 2.25. The van der Waals surface area contributed by atoms with E-state index < -0.39 is 0 Å². The maximum absolute atomic E-state index is 12.2. The van der Waals surface area contributed by atoms with E-state index >= 15 is 0 Å². The van der Waals surface area contributed by atoms with Crippen LogP contribution in [0.4, 0.5) is 5.82 Å². The fourth-order valence-electron chi connectivity index (χ4n) is 3.16. The van der Waals surface area contributed by atoms with Gasteiger partial charge in [-0.1, -0.05) is 5.16 Å². The number of amides is 1. The van der Waals surface area contributed by atoms with Crippen LogP contribution in [0.1, 0.15) is 29.1 Å². The number of carbonyl (C=O) groups excluding carboxylic acids is 1. The zero-order valence-electron chi connectivity index (χ0n) is 14.1. The number of anilines is 1. The molecular weight excluding hydrogens is 322 g/mol. The second kappa shape index (κ2) is 6.15. The molecule has 0 spiro atoms. The Morgan fingerprint density at radius 2 is 2.12 bits per heavy atom. The number of nitrogens with zero attached hydrogens (tertiary/aromatic N) is 6. The Kier molecular flexibility index (Phi) is 3.83. The molecule has 0 aromatic carbocycles. The Morgan fingerprint density at radius 1 is 1.32 bits per heavy atom. The molecule has 9 nitrogen and oxygen atoms in total. The van der Waals surface area contributed by atoms with Crippen LogP contribution < -0.4 is 10.2 Å². The molecule has 4 rings (SSSR count). The highest BCUT2D eigenvalue weighted by Gasteiger charge is 2.24. The Balaban J connectivity index is 1.42. The summed E-state index contributed by atoms with van der Waals surface area (Å²) in [6.45, 7) is 3.41. The van der Waals surface area contributed by atoms with Crippen molar-refractivity contribution in [2.75, 3.05) is 18.0 Å². The van der Waals surface area contributed by atoms with E-state index in [1.807, 2.05) is 7.05 Å². The summed E-state index contributed by atoms with van der Waals surface area (Å²) in [5, 5.41) is 12.0. The maximum atomic E-state index is 12.2. The Morgan fingerprint density at radius 3 is 2.84 bits per heavy atom. The van der Waals surface area contributed by atoms with E-state index in [-0.39, 0.29) is 17.7 Å². The number of hydrogen-bond acceptors (Lipinski definition) is 7. The van der Waals surface area contributed by atoms with Gasteiger partial charge in [-0.3, -0.25) is 9.48 Å². The molecular formula is C16H19N7O2. The second-order valence-corrected chi connectivity index (χ2v) is 6.27. The molecule has 1 aliphatic rings. The van der Waals surface area contributed by atoms with Crippen molar-refractivity contribution in [1.29, 1.82) is 0 Å². The van der Waals surface area contributed by atoms with Crippen LogP contribution in [0.25, 0.3) is 11.0 Å². The maximum Gasteiger partial charge on any atom is 0.290 e. The molecule has 0 radical (unpaired) electrons. The van der Waals surface area contributed by atoms with Gasteiger partial charge < -0.3 is 14.7 Å². The summed E-state index contributed by atoms with van der Waals surface area (Å²) < 4.78 is 6.75. The molecule has 25 heavy (non-hydrogen) atoms. The first-order valence-corrected chi connectivity index (χ1v) is 8.23. The van der Waals surface area contributed by atoms with E-state index in [4.69, 9.17) is 4.52 Å². The van der Waals surface area contributed by atoms with Crippen LogP contribution in [0.15, 0.2) is 23.1 Å². The predicted octanol–water partition coefficient (Wildman–Crippen LogP) is 1.06. The van der Waals surface area contributed by atoms with E-state index in [2.05, 4.69) is 30.4 Å². The fraction of sp³-hybridized carbons (Fsp3) is 0.438. The van der Waals surface area contributed by atoms with Crippen molar-refractivity contribution in [1.82, 2.24) is 30.2 Å². The summed E-state index contributed by atoms with van der Waals surface area (Å²) in [5.41, 5.74) is 1.52. The lowest BCUT2D eigenvalue weighted by atomic mass is 10.0. The highest BCUT2D eigenvalue weighted by molar-refractivity contribution is 5.91. The first-order valence-electron chi connectivity index (χ1n) is 8.23. The van der Waals surface area contributed by atoms with E-state index in [1.165, 1.54) is 0 Å². The first-order chi connectivity index (χ1) is 12.1. The highest BCUT2D eigenvalue weighted by atomic mass is 16.5. The SMILES string of the molecule is Cc1cc(C(=O)NC2CCN(c3ncnc4c3cnn4C)CC2)on1. The van der Waals surface area contributed by atoms with Gasteiger partial charge in [0.1, 0.15) is 12.1 Å². The normalized spacial score (nSPS) is 15.7. The Labute approximate surface area is 144 Å². The van der Waals surface area contributed by atoms with Crippen molar-refractivity contribution in [3.05, 3.63) is 30.0 Å². The van der Waals surface area contributed by atoms with Crippen LogP contribution >= 0.6 is 0 Å². The average Bonchev–Trinajstić information content (AvgIpc) is 3.22. The standard InChI is InChI=1S/C16H19N7O2/c1-10-7-13(25-21-10)16(24)20-11-3-5-23(6-4-11)15-12-8-19-22(2)14(12)17-9-18-15/h7-9,11H,3-6H2,1-2H3,(H,20,24). The monoisotopic (exact) mass is 341 g/mol. The Hall–Kier alpha value is -2.97. The third-order valence-electron chi connectivity index (χ3n) is 4.49. The molecule has 1 amide bonds. The number of carbonyl (C=O) groups is 1. The van der Waals surface area contributed by atoms with Crippen LogP contribution in [0.2, 0.25) is 0 Å². The molecule has 0 atom stereocenters. The topological polar surface area (TPSA) is 102 Å². The van der Waals surface area contributed by atoms with E-state index in [1.54, 1.807) is 30.2 Å². The minimum atomic E-state index is -0.212. The minimum Gasteiger partial charge on any atom is -0.356 e. The molecule has 1 fully saturated rings. The summed E-state index contributed by atoms with van der Waals surface area (Å²) in [4.78, 5) is 23.1. The summed E-state index contributed by atoms with van der Waals surface area (Å²) in [6.07, 6.45) is 5.04. The lowest BCUT2D eigenvalue weighted by Crippen LogP contribution is -2.45. The first kappa shape index (κ1) is 15.6. The van der Waals surface area contributed by atoms with Crippen molar-refractivity contribution in [3.63, 3.8) is 0 Å². The zero-order chi connectivity index (χ0) is 17.4. The van der Waals surface area contributed by atoms with Crippen LogP contribution in [0.3, 0.4) is 0 Å². The van der Waals surface area contributed by atoms with Gasteiger partial charge in [0.25, 0.3) is 5.91 Å². The number of piperidine rings is 1. The van der Waals surface area contributed by atoms with Crippen molar-refractivity contribution in [2.24, 2.45) is 7.05 Å². The van der Waals surface area contributed by atoms with Gasteiger partial charge in [0.2, 0.25) is 5.76 Å². The summed E-state index contributed by atoms with van der Waals surface area (Å²) in [5.74, 6) is 0.942. The van der Waals surface area contributed by atoms with Gasteiger partial charge in [-0.2, -0.15) is 5.10 Å². The van der Waals surface area contributed by atoms with Gasteiger partial charge in [0.05, 0.1) is 17.3 Å². The minimum absolute atomic E-state index is 0.111. The summed E-state index contributed by atoms with van der Waals surface area (Å²) in [6, 6.07) is 1.75. The van der Waals surface area contributed by atoms with Gasteiger partial charge in [0.15, 0.2) is 5.65 Å². The van der Waals surface area contributed by atoms with Crippen LogP contribution in [-0.4, -0.2) is 49.9 Å². The summed E-state index contributed by atoms with van der Waals surface area (Å²) >= 11 is 0. The van der Waals surface area contributed by atoms with Crippen LogP contribution in [0, 0.1) is 6.92 Å². The molecule has 3 aromatic heterocycles. The van der Waals surface area contributed by atoms with Gasteiger partial charge in [0, 0.05) is 32.2 Å². The molecule has 0 saturated carbocycles. The molecule has 0 unspecified atom stereocenters. The zero-order valence-corrected chi connectivity index (χ0v) is 14.1. The van der Waals surface area contributed by atoms with E-state index in [0.29, 0.717) is 5.69 Å². The van der Waals surface area contributed by atoms with Gasteiger partial charge in [-0.05, 0) is 19.8 Å². The molecule has 9 heteroatoms. The number of fused-ring (bicyclic) bond motifs is 1. The lowest BCUT2D eigenvalue weighted by molar-refractivity contribution is 0.0893. The number of nitrogens with one attached hydrogen (secondary N) is 1. The summed E-state index contributed by atoms with van der Waals surface area (Å²) in [7, 11) is 1.87. The molecule has 0 bridgehead atoms. The lowest BCUT2D eigenvalue weighted by Gasteiger charge is -2.33. The van der Waals surface area contributed by atoms with Crippen molar-refractivity contribution in [2.45, 2.75) is 25.8 Å². The number of hydrogen-bond donors (Lipinski definition) is 1. The van der Waals surface area contributed by atoms with Gasteiger partial charge in [-0.15, -0.1) is 0 Å². The molecule has 3 aromatic rings. The van der Waals surface area contributed by atoms with Crippen molar-refractivity contribution in [3.8, 4) is 0 Å². The average molecular weight is 341 g/mol. The number of rotatable bonds is 3. The third-order valence-corrected chi connectivity index (χ3v) is 4.49. The largest absolute Gasteiger partial charge is 0.356 e. The number of aryl methyl sites for hydroxylation is 2. The molecule has 1 saturated heterocycles. The number of aromatic nitrogens is 5. The van der Waals surface area contributed by atoms with Crippen LogP contribution in [-0.2, 0) is 7.05 Å². The Bertz CT molecular complexity index is 908. The second-order valence-electron chi connectivity index (χ2n) is 6.27. The van der Waals surface area contributed by atoms with Gasteiger partial charge >= 0.3 is 0 Å². The smallest absolute Gasteiger partial charge is 0.290 e. The molecule has 4 heterocycles. The molecule has 1 N–H and O–H groups in total. The predicted molar refractivity (Wildman–Crippen MR) is 90.2 cm³/mol. The van der Waals surface area contributed by atoms with E-state index in [9.17, 15) is 4.79 Å². The van der Waals surface area contributed by atoms with Crippen molar-refractivity contribution < 1.29 is 9.32 Å². The fourth-order valence-corrected chi connectivity index (χ4v) is 3.16. The molecule has 0 aliphatic carbocycles. The molecule has 1 aliphatic heterocycles. The van der Waals surface area contributed by atoms with E-state index in [0.717, 1.165) is 42.8 Å².